The van der Waals surface area contributed by atoms with Crippen molar-refractivity contribution in [2.75, 3.05) is 18.0 Å². The molecule has 11 nitrogen and oxygen atoms in total. The minimum absolute atomic E-state index is 0.0226. The molecule has 0 aromatic heterocycles. The van der Waals surface area contributed by atoms with E-state index in [9.17, 15) is 28.1 Å². The Balaban J connectivity index is 2.18. The lowest BCUT2D eigenvalue weighted by Crippen LogP contribution is -2.52. The van der Waals surface area contributed by atoms with Crippen molar-refractivity contribution >= 4 is 44.8 Å². The molecule has 0 heterocycles. The van der Waals surface area contributed by atoms with Gasteiger partial charge in [-0.2, -0.15) is 0 Å². The summed E-state index contributed by atoms with van der Waals surface area (Å²) in [4.78, 5) is 39.1. The van der Waals surface area contributed by atoms with Gasteiger partial charge in [0.1, 0.15) is 18.3 Å². The zero-order valence-corrected chi connectivity index (χ0v) is 26.4. The molecule has 1 atom stereocenters. The van der Waals surface area contributed by atoms with Gasteiger partial charge in [0.05, 0.1) is 22.6 Å². The smallest absolute Gasteiger partial charge is 0.273 e. The van der Waals surface area contributed by atoms with Crippen LogP contribution < -0.4 is 14.4 Å². The predicted octanol–water partition coefficient (Wildman–Crippen LogP) is 5.01. The SMILES string of the molecule is COc1ccc(Cl)cc1N(CC(=O)N(Cc1ccccc1C)[C@H](C)C(=O)NC(C)C)S(=O)(=O)c1ccc(C)c([N+](=O)[O-])c1. The van der Waals surface area contributed by atoms with E-state index >= 15 is 0 Å². The Morgan fingerprint density at radius 2 is 1.70 bits per heavy atom. The highest BCUT2D eigenvalue weighted by molar-refractivity contribution is 7.92. The van der Waals surface area contributed by atoms with Gasteiger partial charge in [0, 0.05) is 29.2 Å². The van der Waals surface area contributed by atoms with E-state index < -0.39 is 49.9 Å². The zero-order valence-electron chi connectivity index (χ0n) is 24.8. The number of anilines is 1. The molecule has 43 heavy (non-hydrogen) atoms. The first-order valence-corrected chi connectivity index (χ1v) is 15.2. The Bertz CT molecular complexity index is 1630. The first-order chi connectivity index (χ1) is 20.2. The minimum Gasteiger partial charge on any atom is -0.495 e. The first-order valence-electron chi connectivity index (χ1n) is 13.4. The molecule has 3 aromatic rings. The number of aryl methyl sites for hydroxylation is 2. The lowest BCUT2D eigenvalue weighted by atomic mass is 10.1. The molecule has 13 heteroatoms. The van der Waals surface area contributed by atoms with Crippen molar-refractivity contribution in [2.45, 2.75) is 58.1 Å². The number of nitro benzene ring substituents is 1. The van der Waals surface area contributed by atoms with Crippen LogP contribution in [0.5, 0.6) is 5.75 Å². The largest absolute Gasteiger partial charge is 0.495 e. The molecular weight excluding hydrogens is 596 g/mol. The number of carbonyl (C=O) groups excluding carboxylic acids is 2. The fraction of sp³-hybridized carbons (Fsp3) is 0.333. The normalized spacial score (nSPS) is 12.0. The molecule has 0 aliphatic carbocycles. The van der Waals surface area contributed by atoms with Crippen molar-refractivity contribution in [1.29, 1.82) is 0 Å². The van der Waals surface area contributed by atoms with Gasteiger partial charge in [0.15, 0.2) is 0 Å². The predicted molar refractivity (Wildman–Crippen MR) is 165 cm³/mol. The number of ether oxygens (including phenoxy) is 1. The summed E-state index contributed by atoms with van der Waals surface area (Å²) in [6.07, 6.45) is 0. The second-order valence-corrected chi connectivity index (χ2v) is 12.6. The molecule has 2 amide bonds. The first kappa shape index (κ1) is 33.3. The van der Waals surface area contributed by atoms with Crippen molar-refractivity contribution in [3.8, 4) is 5.75 Å². The summed E-state index contributed by atoms with van der Waals surface area (Å²) in [7, 11) is -3.28. The third-order valence-electron chi connectivity index (χ3n) is 6.85. The third-order valence-corrected chi connectivity index (χ3v) is 8.84. The Kier molecular flexibility index (Phi) is 10.8. The second kappa shape index (κ2) is 13.9. The number of sulfonamides is 1. The van der Waals surface area contributed by atoms with Crippen molar-refractivity contribution in [3.63, 3.8) is 0 Å². The molecule has 0 bridgehead atoms. The van der Waals surface area contributed by atoms with Crippen LogP contribution in [0, 0.1) is 24.0 Å². The molecule has 0 radical (unpaired) electrons. The standard InChI is InChI=1S/C30H35ClN4O7S/c1-19(2)32-30(37)22(5)33(17-23-10-8-7-9-20(23)3)29(36)18-34(27-15-24(31)12-14-28(27)42-6)43(40,41)25-13-11-21(4)26(16-25)35(38)39/h7-16,19,22H,17-18H2,1-6H3,(H,32,37)/t22-/m1/s1. The number of hydrogen-bond donors (Lipinski definition) is 1. The van der Waals surface area contributed by atoms with Crippen LogP contribution >= 0.6 is 11.6 Å². The highest BCUT2D eigenvalue weighted by Gasteiger charge is 2.35. The van der Waals surface area contributed by atoms with Gasteiger partial charge in [-0.15, -0.1) is 0 Å². The molecule has 3 aromatic carbocycles. The highest BCUT2D eigenvalue weighted by atomic mass is 35.5. The van der Waals surface area contributed by atoms with Crippen LogP contribution in [0.1, 0.15) is 37.5 Å². The van der Waals surface area contributed by atoms with Gasteiger partial charge in [0.2, 0.25) is 11.8 Å². The monoisotopic (exact) mass is 630 g/mol. The van der Waals surface area contributed by atoms with E-state index in [1.165, 1.54) is 49.3 Å². The van der Waals surface area contributed by atoms with E-state index in [1.807, 2.05) is 31.2 Å². The van der Waals surface area contributed by atoms with Crippen molar-refractivity contribution in [3.05, 3.63) is 92.5 Å². The molecule has 0 saturated carbocycles. The van der Waals surface area contributed by atoms with Crippen molar-refractivity contribution in [1.82, 2.24) is 10.2 Å². The van der Waals surface area contributed by atoms with Crippen LogP contribution in [-0.2, 0) is 26.2 Å². The van der Waals surface area contributed by atoms with E-state index in [2.05, 4.69) is 5.32 Å². The summed E-state index contributed by atoms with van der Waals surface area (Å²) in [5.74, 6) is -1.01. The van der Waals surface area contributed by atoms with Crippen LogP contribution in [0.2, 0.25) is 5.02 Å². The van der Waals surface area contributed by atoms with Crippen LogP contribution in [0.15, 0.2) is 65.6 Å². The van der Waals surface area contributed by atoms with E-state index in [0.717, 1.165) is 21.5 Å². The third kappa shape index (κ3) is 7.82. The quantitative estimate of drug-likeness (QED) is 0.219. The number of hydrogen-bond acceptors (Lipinski definition) is 7. The van der Waals surface area contributed by atoms with Gasteiger partial charge in [-0.05, 0) is 70.0 Å². The Morgan fingerprint density at radius 3 is 2.30 bits per heavy atom. The molecule has 0 saturated heterocycles. The Morgan fingerprint density at radius 1 is 1.02 bits per heavy atom. The number of methoxy groups -OCH3 is 1. The van der Waals surface area contributed by atoms with Gasteiger partial charge in [-0.25, -0.2) is 8.42 Å². The maximum atomic E-state index is 14.2. The summed E-state index contributed by atoms with van der Waals surface area (Å²) < 4.78 is 34.6. The average Bonchev–Trinajstić information content (AvgIpc) is 2.94. The lowest BCUT2D eigenvalue weighted by molar-refractivity contribution is -0.385. The van der Waals surface area contributed by atoms with E-state index in [1.54, 1.807) is 20.8 Å². The van der Waals surface area contributed by atoms with Gasteiger partial charge in [0.25, 0.3) is 15.7 Å². The van der Waals surface area contributed by atoms with Gasteiger partial charge >= 0.3 is 0 Å². The number of halogens is 1. The fourth-order valence-electron chi connectivity index (χ4n) is 4.40. The topological polar surface area (TPSA) is 139 Å². The number of nitrogens with one attached hydrogen (secondary N) is 1. The van der Waals surface area contributed by atoms with Crippen molar-refractivity contribution < 1.29 is 27.7 Å². The molecule has 1 N–H and O–H groups in total. The number of rotatable bonds is 12. The van der Waals surface area contributed by atoms with Crippen LogP contribution in [0.25, 0.3) is 0 Å². The molecular formula is C30H35ClN4O7S. The Hall–Kier alpha value is -4.16. The number of nitrogens with zero attached hydrogens (tertiary/aromatic N) is 3. The zero-order chi connectivity index (χ0) is 32.1. The molecule has 0 aliphatic rings. The molecule has 3 rings (SSSR count). The number of carbonyl (C=O) groups is 2. The summed E-state index contributed by atoms with van der Waals surface area (Å²) >= 11 is 6.25. The molecule has 0 fully saturated rings. The maximum absolute atomic E-state index is 14.2. The Labute approximate surface area is 256 Å². The summed E-state index contributed by atoms with van der Waals surface area (Å²) in [5, 5.41) is 14.6. The van der Waals surface area contributed by atoms with Crippen LogP contribution in [0.4, 0.5) is 11.4 Å². The van der Waals surface area contributed by atoms with Crippen LogP contribution in [-0.4, -0.2) is 55.8 Å². The average molecular weight is 631 g/mol. The van der Waals surface area contributed by atoms with Crippen molar-refractivity contribution in [2.24, 2.45) is 0 Å². The highest BCUT2D eigenvalue weighted by Crippen LogP contribution is 2.36. The molecule has 0 aliphatic heterocycles. The number of benzene rings is 3. The maximum Gasteiger partial charge on any atom is 0.273 e. The number of nitro groups is 1. The van der Waals surface area contributed by atoms with Gasteiger partial charge < -0.3 is 15.0 Å². The molecule has 0 spiro atoms. The van der Waals surface area contributed by atoms with E-state index in [4.69, 9.17) is 16.3 Å². The second-order valence-electron chi connectivity index (χ2n) is 10.3. The van der Waals surface area contributed by atoms with Gasteiger partial charge in [-0.3, -0.25) is 24.0 Å². The van der Waals surface area contributed by atoms with E-state index in [0.29, 0.717) is 0 Å². The fourth-order valence-corrected chi connectivity index (χ4v) is 6.01. The lowest BCUT2D eigenvalue weighted by Gasteiger charge is -2.33. The minimum atomic E-state index is -4.61. The van der Waals surface area contributed by atoms with E-state index in [-0.39, 0.29) is 34.6 Å². The van der Waals surface area contributed by atoms with Crippen LogP contribution in [0.3, 0.4) is 0 Å². The summed E-state index contributed by atoms with van der Waals surface area (Å²) in [6, 6.07) is 14.0. The molecule has 230 valence electrons. The summed E-state index contributed by atoms with van der Waals surface area (Å²) in [5.41, 5.74) is 1.46. The van der Waals surface area contributed by atoms with Gasteiger partial charge in [-0.1, -0.05) is 41.9 Å². The number of amides is 2. The molecule has 0 unspecified atom stereocenters. The summed E-state index contributed by atoms with van der Waals surface area (Å²) in [6.45, 7) is 7.77.